The maximum atomic E-state index is 9.85. The third-order valence-corrected chi connectivity index (χ3v) is 4.20. The van der Waals surface area contributed by atoms with E-state index in [1.165, 1.54) is 6.42 Å². The molecule has 1 heterocycles. The molecule has 2 aliphatic rings. The van der Waals surface area contributed by atoms with Crippen molar-refractivity contribution < 1.29 is 9.84 Å². The zero-order chi connectivity index (χ0) is 12.5. The lowest BCUT2D eigenvalue weighted by Crippen LogP contribution is -2.58. The van der Waals surface area contributed by atoms with Crippen LogP contribution in [0.3, 0.4) is 0 Å². The van der Waals surface area contributed by atoms with Crippen LogP contribution in [0.15, 0.2) is 0 Å². The maximum Gasteiger partial charge on any atom is 0.0620 e. The minimum Gasteiger partial charge on any atom is -0.394 e. The van der Waals surface area contributed by atoms with E-state index in [4.69, 9.17) is 4.74 Å². The van der Waals surface area contributed by atoms with E-state index in [0.29, 0.717) is 17.4 Å². The fraction of sp³-hybridized carbons (Fsp3) is 1.00. The molecular formula is C14H27NO2. The van der Waals surface area contributed by atoms with Gasteiger partial charge in [-0.15, -0.1) is 0 Å². The molecule has 0 radical (unpaired) electrons. The first-order valence-electron chi connectivity index (χ1n) is 6.91. The Bertz CT molecular complexity index is 261. The molecule has 0 aromatic carbocycles. The van der Waals surface area contributed by atoms with Gasteiger partial charge in [-0.1, -0.05) is 20.8 Å². The highest BCUT2D eigenvalue weighted by Crippen LogP contribution is 2.44. The molecule has 0 amide bonds. The van der Waals surface area contributed by atoms with Crippen LogP contribution in [0.2, 0.25) is 0 Å². The van der Waals surface area contributed by atoms with Crippen molar-refractivity contribution in [3.8, 4) is 0 Å². The Kier molecular flexibility index (Phi) is 3.81. The van der Waals surface area contributed by atoms with Gasteiger partial charge in [0.15, 0.2) is 0 Å². The monoisotopic (exact) mass is 241 g/mol. The quantitative estimate of drug-likeness (QED) is 0.793. The van der Waals surface area contributed by atoms with Crippen molar-refractivity contribution >= 4 is 0 Å². The second-order valence-corrected chi connectivity index (χ2v) is 7.00. The third-order valence-electron chi connectivity index (χ3n) is 4.20. The molecule has 3 atom stereocenters. The Morgan fingerprint density at radius 3 is 2.65 bits per heavy atom. The van der Waals surface area contributed by atoms with E-state index in [0.717, 1.165) is 32.5 Å². The van der Waals surface area contributed by atoms with Gasteiger partial charge in [0.25, 0.3) is 0 Å². The Morgan fingerprint density at radius 1 is 1.35 bits per heavy atom. The van der Waals surface area contributed by atoms with Crippen molar-refractivity contribution in [1.29, 1.82) is 0 Å². The van der Waals surface area contributed by atoms with E-state index in [9.17, 15) is 5.11 Å². The van der Waals surface area contributed by atoms with Gasteiger partial charge in [-0.05, 0) is 37.0 Å². The topological polar surface area (TPSA) is 41.5 Å². The van der Waals surface area contributed by atoms with Crippen LogP contribution in [0.1, 0.15) is 46.5 Å². The fourth-order valence-corrected chi connectivity index (χ4v) is 4.10. The summed E-state index contributed by atoms with van der Waals surface area (Å²) in [7, 11) is 0. The van der Waals surface area contributed by atoms with Gasteiger partial charge in [-0.3, -0.25) is 0 Å². The summed E-state index contributed by atoms with van der Waals surface area (Å²) in [6.45, 7) is 8.85. The highest BCUT2D eigenvalue weighted by atomic mass is 16.5. The standard InChI is InChI=1S/C14H27NO2/c1-11-6-13(2,3)9-14(7-11,10-16)15-12-4-5-17-8-12/h11-12,15-16H,4-10H2,1-3H3. The lowest BCUT2D eigenvalue weighted by atomic mass is 9.64. The van der Waals surface area contributed by atoms with Crippen LogP contribution < -0.4 is 5.32 Å². The molecule has 2 N–H and O–H groups in total. The van der Waals surface area contributed by atoms with Crippen LogP contribution >= 0.6 is 0 Å². The van der Waals surface area contributed by atoms with E-state index in [1.807, 2.05) is 0 Å². The number of ether oxygens (including phenoxy) is 1. The molecule has 2 fully saturated rings. The molecule has 1 saturated carbocycles. The SMILES string of the molecule is CC1CC(C)(C)CC(CO)(NC2CCOC2)C1. The number of nitrogens with one attached hydrogen (secondary N) is 1. The number of rotatable bonds is 3. The van der Waals surface area contributed by atoms with Crippen molar-refractivity contribution in [2.75, 3.05) is 19.8 Å². The predicted octanol–water partition coefficient (Wildman–Crippen LogP) is 1.94. The summed E-state index contributed by atoms with van der Waals surface area (Å²) in [5, 5.41) is 13.5. The van der Waals surface area contributed by atoms with E-state index in [2.05, 4.69) is 26.1 Å². The zero-order valence-corrected chi connectivity index (χ0v) is 11.5. The smallest absolute Gasteiger partial charge is 0.0620 e. The first kappa shape index (κ1) is 13.3. The summed E-state index contributed by atoms with van der Waals surface area (Å²) in [5.41, 5.74) is 0.242. The van der Waals surface area contributed by atoms with Gasteiger partial charge >= 0.3 is 0 Å². The first-order chi connectivity index (χ1) is 7.95. The van der Waals surface area contributed by atoms with Crippen LogP contribution in [0.25, 0.3) is 0 Å². The average molecular weight is 241 g/mol. The molecule has 17 heavy (non-hydrogen) atoms. The molecule has 1 aliphatic heterocycles. The second kappa shape index (κ2) is 4.87. The summed E-state index contributed by atoms with van der Waals surface area (Å²) >= 11 is 0. The average Bonchev–Trinajstić information content (AvgIpc) is 2.67. The van der Waals surface area contributed by atoms with Crippen LogP contribution in [-0.4, -0.2) is 36.5 Å². The minimum absolute atomic E-state index is 0.0838. The predicted molar refractivity (Wildman–Crippen MR) is 69.0 cm³/mol. The Hall–Kier alpha value is -0.120. The van der Waals surface area contributed by atoms with Gasteiger partial charge in [0.05, 0.1) is 13.2 Å². The van der Waals surface area contributed by atoms with Gasteiger partial charge in [-0.25, -0.2) is 0 Å². The van der Waals surface area contributed by atoms with Gasteiger partial charge in [0.2, 0.25) is 0 Å². The van der Waals surface area contributed by atoms with Crippen LogP contribution in [0, 0.1) is 11.3 Å². The van der Waals surface area contributed by atoms with Gasteiger partial charge in [-0.2, -0.15) is 0 Å². The minimum atomic E-state index is -0.0838. The van der Waals surface area contributed by atoms with E-state index in [1.54, 1.807) is 0 Å². The third kappa shape index (κ3) is 3.21. The summed E-state index contributed by atoms with van der Waals surface area (Å²) in [6, 6.07) is 0.434. The van der Waals surface area contributed by atoms with Crippen molar-refractivity contribution in [3.05, 3.63) is 0 Å². The zero-order valence-electron chi connectivity index (χ0n) is 11.5. The fourth-order valence-electron chi connectivity index (χ4n) is 4.10. The van der Waals surface area contributed by atoms with E-state index >= 15 is 0 Å². The van der Waals surface area contributed by atoms with E-state index < -0.39 is 0 Å². The summed E-state index contributed by atoms with van der Waals surface area (Å²) in [4.78, 5) is 0. The number of hydrogen-bond acceptors (Lipinski definition) is 3. The second-order valence-electron chi connectivity index (χ2n) is 7.00. The molecule has 3 heteroatoms. The molecule has 100 valence electrons. The van der Waals surface area contributed by atoms with E-state index in [-0.39, 0.29) is 12.1 Å². The number of hydrogen-bond donors (Lipinski definition) is 2. The molecule has 1 aliphatic carbocycles. The largest absolute Gasteiger partial charge is 0.394 e. The number of aliphatic hydroxyl groups excluding tert-OH is 1. The van der Waals surface area contributed by atoms with Gasteiger partial charge in [0.1, 0.15) is 0 Å². The molecule has 0 spiro atoms. The highest BCUT2D eigenvalue weighted by Gasteiger charge is 2.43. The van der Waals surface area contributed by atoms with Crippen molar-refractivity contribution in [2.24, 2.45) is 11.3 Å². The summed E-state index contributed by atoms with van der Waals surface area (Å²) in [6.07, 6.45) is 4.49. The Morgan fingerprint density at radius 2 is 2.12 bits per heavy atom. The highest BCUT2D eigenvalue weighted by molar-refractivity contribution is 5.00. The summed E-state index contributed by atoms with van der Waals surface area (Å²) < 4.78 is 5.42. The lowest BCUT2D eigenvalue weighted by molar-refractivity contribution is 0.0273. The van der Waals surface area contributed by atoms with Gasteiger partial charge < -0.3 is 15.2 Å². The van der Waals surface area contributed by atoms with Crippen LogP contribution in [0.5, 0.6) is 0 Å². The van der Waals surface area contributed by atoms with Crippen LogP contribution in [0.4, 0.5) is 0 Å². The van der Waals surface area contributed by atoms with Crippen molar-refractivity contribution in [2.45, 2.75) is 58.0 Å². The molecule has 1 saturated heterocycles. The maximum absolute atomic E-state index is 9.85. The molecule has 0 aromatic rings. The molecular weight excluding hydrogens is 214 g/mol. The van der Waals surface area contributed by atoms with Crippen molar-refractivity contribution in [1.82, 2.24) is 5.32 Å². The number of aliphatic hydroxyl groups is 1. The molecule has 0 aromatic heterocycles. The molecule has 0 bridgehead atoms. The molecule has 3 nitrogen and oxygen atoms in total. The summed E-state index contributed by atoms with van der Waals surface area (Å²) in [5.74, 6) is 0.681. The molecule has 3 unspecified atom stereocenters. The lowest BCUT2D eigenvalue weighted by Gasteiger charge is -2.48. The first-order valence-corrected chi connectivity index (χ1v) is 6.91. The normalized spacial score (nSPS) is 41.6. The molecule has 2 rings (SSSR count). The van der Waals surface area contributed by atoms with Crippen molar-refractivity contribution in [3.63, 3.8) is 0 Å². The van der Waals surface area contributed by atoms with Gasteiger partial charge in [0, 0.05) is 18.2 Å². The Labute approximate surface area is 105 Å². The van der Waals surface area contributed by atoms with Crippen LogP contribution in [-0.2, 0) is 4.74 Å². The Balaban J connectivity index is 2.06.